The summed E-state index contributed by atoms with van der Waals surface area (Å²) in [5, 5.41) is 6.83. The number of aromatic nitrogens is 3. The van der Waals surface area contributed by atoms with Crippen LogP contribution in [0.3, 0.4) is 0 Å². The molecule has 2 aromatic heterocycles. The second kappa shape index (κ2) is 11.0. The van der Waals surface area contributed by atoms with Crippen molar-refractivity contribution in [2.45, 2.75) is 30.7 Å². The molecule has 0 spiro atoms. The second-order valence-electron chi connectivity index (χ2n) is 9.75. The van der Waals surface area contributed by atoms with Crippen molar-refractivity contribution < 1.29 is 22.0 Å². The summed E-state index contributed by atoms with van der Waals surface area (Å²) in [6.07, 6.45) is 4.23. The van der Waals surface area contributed by atoms with Gasteiger partial charge in [0.25, 0.3) is 15.9 Å². The van der Waals surface area contributed by atoms with Crippen molar-refractivity contribution in [1.82, 2.24) is 19.7 Å². The highest BCUT2D eigenvalue weighted by Gasteiger charge is 2.28. The van der Waals surface area contributed by atoms with Crippen LogP contribution in [0.2, 0.25) is 0 Å². The van der Waals surface area contributed by atoms with Gasteiger partial charge in [-0.25, -0.2) is 13.8 Å². The van der Waals surface area contributed by atoms with E-state index in [1.807, 2.05) is 0 Å². The number of benzene rings is 2. The van der Waals surface area contributed by atoms with Crippen LogP contribution in [0, 0.1) is 18.6 Å². The number of carbonyl (C=O) groups is 1. The molecule has 208 valence electrons. The standard InChI is InChI=1S/C28H28F2N6O3S/c1-18-15-22(30)7-8-24(18)32-25-16-27(40(38,39)34-26-11-12-35(2)33-26)31-17-23(25)28(37)36-13-9-20(10-14-36)19-3-5-21(29)6-4-19/h3-8,11-12,15-17,20H,9-10,13-14H2,1-2H3,(H,31,32)(H,33,34). The van der Waals surface area contributed by atoms with Crippen LogP contribution < -0.4 is 10.0 Å². The van der Waals surface area contributed by atoms with Gasteiger partial charge in [0.15, 0.2) is 10.8 Å². The number of aryl methyl sites for hydroxylation is 2. The maximum atomic E-state index is 13.7. The van der Waals surface area contributed by atoms with E-state index in [4.69, 9.17) is 0 Å². The lowest BCUT2D eigenvalue weighted by Gasteiger charge is -2.32. The lowest BCUT2D eigenvalue weighted by Crippen LogP contribution is -2.38. The molecule has 1 saturated heterocycles. The largest absolute Gasteiger partial charge is 0.355 e. The Balaban J connectivity index is 1.42. The number of piperidine rings is 1. The molecule has 9 nitrogen and oxygen atoms in total. The topological polar surface area (TPSA) is 109 Å². The number of sulfonamides is 1. The number of nitrogens with one attached hydrogen (secondary N) is 2. The monoisotopic (exact) mass is 566 g/mol. The molecule has 1 aliphatic heterocycles. The fraction of sp³-hybridized carbons (Fsp3) is 0.250. The number of carbonyl (C=O) groups excluding carboxylic acids is 1. The Bertz CT molecular complexity index is 1650. The molecule has 3 heterocycles. The first kappa shape index (κ1) is 27.3. The summed E-state index contributed by atoms with van der Waals surface area (Å²) in [5.41, 5.74) is 2.51. The van der Waals surface area contributed by atoms with Gasteiger partial charge in [0.1, 0.15) is 11.6 Å². The lowest BCUT2D eigenvalue weighted by molar-refractivity contribution is 0.0713. The summed E-state index contributed by atoms with van der Waals surface area (Å²) < 4.78 is 57.1. The second-order valence-corrected chi connectivity index (χ2v) is 11.4. The molecule has 2 N–H and O–H groups in total. The summed E-state index contributed by atoms with van der Waals surface area (Å²) in [4.78, 5) is 19.5. The smallest absolute Gasteiger partial charge is 0.280 e. The van der Waals surface area contributed by atoms with E-state index in [9.17, 15) is 22.0 Å². The van der Waals surface area contributed by atoms with Gasteiger partial charge in [0.05, 0.1) is 11.3 Å². The van der Waals surface area contributed by atoms with Crippen molar-refractivity contribution >= 4 is 33.1 Å². The maximum Gasteiger partial charge on any atom is 0.280 e. The predicted octanol–water partition coefficient (Wildman–Crippen LogP) is 4.97. The molecule has 40 heavy (non-hydrogen) atoms. The number of pyridine rings is 1. The van der Waals surface area contributed by atoms with Gasteiger partial charge in [-0.05, 0) is 67.1 Å². The Morgan fingerprint density at radius 3 is 2.33 bits per heavy atom. The van der Waals surface area contributed by atoms with Crippen LogP contribution in [0.25, 0.3) is 0 Å². The third kappa shape index (κ3) is 5.96. The molecule has 0 radical (unpaired) electrons. The molecule has 0 bridgehead atoms. The number of rotatable bonds is 7. The van der Waals surface area contributed by atoms with Crippen LogP contribution in [0.5, 0.6) is 0 Å². The van der Waals surface area contributed by atoms with Crippen LogP contribution in [0.4, 0.5) is 26.0 Å². The van der Waals surface area contributed by atoms with E-state index >= 15 is 0 Å². The minimum absolute atomic E-state index is 0.123. The number of halogens is 2. The number of hydrogen-bond donors (Lipinski definition) is 2. The van der Waals surface area contributed by atoms with E-state index in [-0.39, 0.29) is 39.7 Å². The summed E-state index contributed by atoms with van der Waals surface area (Å²) in [6, 6.07) is 13.3. The minimum atomic E-state index is -4.13. The molecular formula is C28H28F2N6O3S. The van der Waals surface area contributed by atoms with E-state index < -0.39 is 15.8 Å². The van der Waals surface area contributed by atoms with E-state index in [0.717, 1.165) is 5.56 Å². The van der Waals surface area contributed by atoms with Gasteiger partial charge in [-0.1, -0.05) is 12.1 Å². The Kier molecular flexibility index (Phi) is 7.53. The fourth-order valence-corrected chi connectivity index (χ4v) is 5.70. The predicted molar refractivity (Wildman–Crippen MR) is 147 cm³/mol. The molecule has 0 unspecified atom stereocenters. The number of amides is 1. The van der Waals surface area contributed by atoms with Gasteiger partial charge in [-0.2, -0.15) is 13.5 Å². The average molecular weight is 567 g/mol. The molecule has 4 aromatic rings. The average Bonchev–Trinajstić information content (AvgIpc) is 3.34. The van der Waals surface area contributed by atoms with Crippen molar-refractivity contribution in [2.24, 2.45) is 7.05 Å². The van der Waals surface area contributed by atoms with Gasteiger partial charge in [-0.3, -0.25) is 14.2 Å². The summed E-state index contributed by atoms with van der Waals surface area (Å²) in [7, 11) is -2.47. The van der Waals surface area contributed by atoms with Crippen molar-refractivity contribution in [3.8, 4) is 0 Å². The van der Waals surface area contributed by atoms with Crippen LogP contribution in [0.1, 0.15) is 40.2 Å². The first-order valence-electron chi connectivity index (χ1n) is 12.7. The highest BCUT2D eigenvalue weighted by molar-refractivity contribution is 7.92. The lowest BCUT2D eigenvalue weighted by atomic mass is 9.89. The van der Waals surface area contributed by atoms with Gasteiger partial charge in [0.2, 0.25) is 0 Å². The first-order chi connectivity index (χ1) is 19.1. The molecule has 1 amide bonds. The van der Waals surface area contributed by atoms with Crippen molar-refractivity contribution in [3.63, 3.8) is 0 Å². The Labute approximate surface area is 230 Å². The highest BCUT2D eigenvalue weighted by Crippen LogP contribution is 2.31. The Hall–Kier alpha value is -4.32. The zero-order chi connectivity index (χ0) is 28.4. The van der Waals surface area contributed by atoms with Crippen LogP contribution in [-0.4, -0.2) is 47.1 Å². The summed E-state index contributed by atoms with van der Waals surface area (Å²) >= 11 is 0. The number of hydrogen-bond acceptors (Lipinski definition) is 6. The van der Waals surface area contributed by atoms with E-state index in [2.05, 4.69) is 20.1 Å². The van der Waals surface area contributed by atoms with Crippen molar-refractivity contribution in [1.29, 1.82) is 0 Å². The Morgan fingerprint density at radius 2 is 1.68 bits per heavy atom. The van der Waals surface area contributed by atoms with Crippen LogP contribution >= 0.6 is 0 Å². The van der Waals surface area contributed by atoms with Crippen molar-refractivity contribution in [3.05, 3.63) is 95.3 Å². The molecule has 0 saturated carbocycles. The third-order valence-corrected chi connectivity index (χ3v) is 8.17. The Morgan fingerprint density at radius 1 is 0.975 bits per heavy atom. The number of anilines is 3. The fourth-order valence-electron chi connectivity index (χ4n) is 4.75. The maximum absolute atomic E-state index is 13.7. The molecule has 12 heteroatoms. The van der Waals surface area contributed by atoms with Gasteiger partial charge in [-0.15, -0.1) is 0 Å². The zero-order valence-corrected chi connectivity index (χ0v) is 22.8. The number of likely N-dealkylation sites (tertiary alicyclic amines) is 1. The molecule has 0 atom stereocenters. The third-order valence-electron chi connectivity index (χ3n) is 6.92. The van der Waals surface area contributed by atoms with Gasteiger partial charge < -0.3 is 10.2 Å². The molecule has 1 fully saturated rings. The zero-order valence-electron chi connectivity index (χ0n) is 21.9. The highest BCUT2D eigenvalue weighted by atomic mass is 32.2. The molecule has 0 aliphatic carbocycles. The minimum Gasteiger partial charge on any atom is -0.355 e. The van der Waals surface area contributed by atoms with Crippen LogP contribution in [0.15, 0.2) is 72.0 Å². The quantitative estimate of drug-likeness (QED) is 0.327. The molecular weight excluding hydrogens is 538 g/mol. The SMILES string of the molecule is Cc1cc(F)ccc1Nc1cc(S(=O)(=O)Nc2ccn(C)n2)ncc1C(=O)N1CCC(c2ccc(F)cc2)CC1. The van der Waals surface area contributed by atoms with Crippen molar-refractivity contribution in [2.75, 3.05) is 23.1 Å². The molecule has 5 rings (SSSR count). The van der Waals surface area contributed by atoms with Gasteiger partial charge in [0, 0.05) is 50.4 Å². The van der Waals surface area contributed by atoms with E-state index in [1.54, 1.807) is 37.2 Å². The summed E-state index contributed by atoms with van der Waals surface area (Å²) in [5.74, 6) is -0.694. The summed E-state index contributed by atoms with van der Waals surface area (Å²) in [6.45, 7) is 2.64. The molecule has 2 aromatic carbocycles. The number of nitrogens with zero attached hydrogens (tertiary/aromatic N) is 4. The van der Waals surface area contributed by atoms with Gasteiger partial charge >= 0.3 is 0 Å². The van der Waals surface area contributed by atoms with Crippen LogP contribution in [-0.2, 0) is 17.1 Å². The normalized spacial score (nSPS) is 14.2. The van der Waals surface area contributed by atoms with E-state index in [1.165, 1.54) is 53.3 Å². The molecule has 1 aliphatic rings. The first-order valence-corrected chi connectivity index (χ1v) is 14.2. The van der Waals surface area contributed by atoms with E-state index in [0.29, 0.717) is 37.2 Å².